The minimum absolute atomic E-state index is 0.000185. The summed E-state index contributed by atoms with van der Waals surface area (Å²) >= 11 is 3.00. The Kier molecular flexibility index (Phi) is 22.7. The summed E-state index contributed by atoms with van der Waals surface area (Å²) in [6, 6.07) is 0. The van der Waals surface area contributed by atoms with E-state index in [0.717, 1.165) is 14.7 Å². The van der Waals surface area contributed by atoms with Gasteiger partial charge in [-0.3, -0.25) is 62.3 Å². The van der Waals surface area contributed by atoms with Gasteiger partial charge in [0.2, 0.25) is 29.5 Å². The topological polar surface area (TPSA) is 374 Å². The summed E-state index contributed by atoms with van der Waals surface area (Å²) in [6.07, 6.45) is -5.59. The number of carbonyl (C=O) groups excluding carboxylic acids is 17. The van der Waals surface area contributed by atoms with Gasteiger partial charge in [-0.05, 0) is 0 Å². The van der Waals surface area contributed by atoms with E-state index in [-0.39, 0.29) is 96.5 Å². The molecular formula is C43H54BrN9O21. The summed E-state index contributed by atoms with van der Waals surface area (Å²) in [7, 11) is 0. The number of alkyl halides is 1. The van der Waals surface area contributed by atoms with Crippen LogP contribution in [0.15, 0.2) is 0 Å². The average molecular weight is 1110 g/mol. The summed E-state index contributed by atoms with van der Waals surface area (Å²) < 4.78 is 0. The molecule has 0 aromatic heterocycles. The Balaban J connectivity index is 1.57. The number of amides is 13. The minimum atomic E-state index is -1.24. The number of carbonyl (C=O) groups is 17. The molecule has 0 aliphatic carbocycles. The van der Waals surface area contributed by atoms with Gasteiger partial charge in [-0.15, -0.1) is 20.3 Å². The van der Waals surface area contributed by atoms with Crippen molar-refractivity contribution in [2.75, 3.05) is 57.7 Å². The fourth-order valence-electron chi connectivity index (χ4n) is 7.11. The van der Waals surface area contributed by atoms with Crippen molar-refractivity contribution >= 4 is 117 Å². The van der Waals surface area contributed by atoms with E-state index >= 15 is 0 Å². The fourth-order valence-corrected chi connectivity index (χ4v) is 7.31. The first kappa shape index (κ1) is 58.8. The SMILES string of the molecule is CCC(=O)NCC(CNC(=O)CBr)C(=O)N(CCC(=O)N(CCC(=O)ON1C(=O)CCC1=O)CCC(=O)ON1C(=O)CCC1=O)CCC(=O)N(CCC(=O)ON1C(=O)CCC1=O)CCC(=O)ON1C(=O)CCC1=O. The maximum absolute atomic E-state index is 14.4. The average Bonchev–Trinajstić information content (AvgIpc) is 4.08. The molecule has 2 N–H and O–H groups in total. The molecule has 74 heavy (non-hydrogen) atoms. The van der Waals surface area contributed by atoms with Gasteiger partial charge in [0.25, 0.3) is 47.3 Å². The highest BCUT2D eigenvalue weighted by Crippen LogP contribution is 2.18. The standard InChI is InChI=1S/C43H54BrN9O21/c1-2-27(54)45-24-26(25-46-28(55)23-44)43(70)49(17-11-29(56)47(19-13-39(66)71-50-31(58)3-4-32(50)59)20-14-40(67)72-51-33(60)5-6-34(51)61)18-12-30(57)48(21-15-41(68)73-52-35(62)7-8-36(52)63)22-16-42(69)74-53-37(64)9-10-38(53)65/h26H,2-25H2,1H3,(H,45,54)(H,46,55). The van der Waals surface area contributed by atoms with Crippen LogP contribution in [0.25, 0.3) is 0 Å². The Morgan fingerprint density at radius 1 is 0.432 bits per heavy atom. The Morgan fingerprint density at radius 3 is 0.946 bits per heavy atom. The Morgan fingerprint density at radius 2 is 0.689 bits per heavy atom. The predicted molar refractivity (Wildman–Crippen MR) is 240 cm³/mol. The van der Waals surface area contributed by atoms with Crippen molar-refractivity contribution < 1.29 is 101 Å². The quantitative estimate of drug-likeness (QED) is 0.0553. The second kappa shape index (κ2) is 28.5. The van der Waals surface area contributed by atoms with E-state index in [1.54, 1.807) is 0 Å². The molecule has 13 amide bonds. The molecule has 30 nitrogen and oxygen atoms in total. The molecule has 0 aromatic rings. The van der Waals surface area contributed by atoms with E-state index in [4.69, 9.17) is 19.4 Å². The van der Waals surface area contributed by atoms with E-state index < -0.39 is 184 Å². The van der Waals surface area contributed by atoms with Gasteiger partial charge in [-0.2, -0.15) is 0 Å². The molecule has 4 fully saturated rings. The monoisotopic (exact) mass is 1110 g/mol. The summed E-state index contributed by atoms with van der Waals surface area (Å²) in [5.74, 6) is -15.7. The van der Waals surface area contributed by atoms with E-state index in [0.29, 0.717) is 0 Å². The molecule has 4 heterocycles. The van der Waals surface area contributed by atoms with Crippen LogP contribution in [0.2, 0.25) is 0 Å². The van der Waals surface area contributed by atoms with Crippen LogP contribution in [0, 0.1) is 5.92 Å². The van der Waals surface area contributed by atoms with Crippen molar-refractivity contribution in [1.82, 2.24) is 45.6 Å². The third kappa shape index (κ3) is 17.8. The molecule has 0 spiro atoms. The number of nitrogens with zero attached hydrogens (tertiary/aromatic N) is 7. The number of rotatable bonds is 29. The third-order valence-corrected chi connectivity index (χ3v) is 11.7. The number of hydrogen-bond acceptors (Lipinski definition) is 21. The maximum Gasteiger partial charge on any atom is 0.334 e. The highest BCUT2D eigenvalue weighted by molar-refractivity contribution is 9.09. The number of hydrogen-bond donors (Lipinski definition) is 2. The molecule has 0 saturated carbocycles. The molecular weight excluding hydrogens is 1060 g/mol. The van der Waals surface area contributed by atoms with Gasteiger partial charge in [0, 0.05) is 123 Å². The van der Waals surface area contributed by atoms with Crippen LogP contribution >= 0.6 is 15.9 Å². The first-order chi connectivity index (χ1) is 35.1. The second-order valence-corrected chi connectivity index (χ2v) is 17.1. The summed E-state index contributed by atoms with van der Waals surface area (Å²) in [4.78, 5) is 237. The maximum atomic E-state index is 14.4. The van der Waals surface area contributed by atoms with Crippen LogP contribution in [0.4, 0.5) is 0 Å². The molecule has 404 valence electrons. The van der Waals surface area contributed by atoms with Crippen LogP contribution in [-0.4, -0.2) is 193 Å². The number of imide groups is 4. The second-order valence-electron chi connectivity index (χ2n) is 16.6. The third-order valence-electron chi connectivity index (χ3n) is 11.2. The number of halogens is 1. The van der Waals surface area contributed by atoms with Crippen molar-refractivity contribution in [3.63, 3.8) is 0 Å². The summed E-state index contributed by atoms with van der Waals surface area (Å²) in [5.41, 5.74) is 0. The van der Waals surface area contributed by atoms with Gasteiger partial charge in [-0.1, -0.05) is 22.9 Å². The number of nitrogens with one attached hydrogen (secondary N) is 2. The lowest BCUT2D eigenvalue weighted by Crippen LogP contribution is -2.48. The first-order valence-corrected chi connectivity index (χ1v) is 24.4. The summed E-state index contributed by atoms with van der Waals surface area (Å²) in [5, 5.41) is 5.99. The molecule has 4 saturated heterocycles. The molecule has 0 aromatic carbocycles. The lowest BCUT2D eigenvalue weighted by molar-refractivity contribution is -0.198. The predicted octanol–water partition coefficient (Wildman–Crippen LogP) is -3.10. The van der Waals surface area contributed by atoms with Gasteiger partial charge in [-0.25, -0.2) is 19.2 Å². The highest BCUT2D eigenvalue weighted by Gasteiger charge is 2.37. The van der Waals surface area contributed by atoms with Gasteiger partial charge in [0.05, 0.1) is 36.9 Å². The lowest BCUT2D eigenvalue weighted by Gasteiger charge is -2.30. The largest absolute Gasteiger partial charge is 0.355 e. The highest BCUT2D eigenvalue weighted by atomic mass is 79.9. The van der Waals surface area contributed by atoms with Crippen LogP contribution in [0.5, 0.6) is 0 Å². The molecule has 0 radical (unpaired) electrons. The van der Waals surface area contributed by atoms with Crippen LogP contribution in [0.3, 0.4) is 0 Å². The summed E-state index contributed by atoms with van der Waals surface area (Å²) in [6.45, 7) is -2.38. The number of hydroxylamine groups is 8. The molecule has 31 heteroatoms. The van der Waals surface area contributed by atoms with E-state index in [1.165, 1.54) is 6.92 Å². The van der Waals surface area contributed by atoms with Crippen LogP contribution < -0.4 is 10.6 Å². The fraction of sp³-hybridized carbons (Fsp3) is 0.605. The zero-order valence-corrected chi connectivity index (χ0v) is 41.7. The molecule has 4 rings (SSSR count). The van der Waals surface area contributed by atoms with E-state index in [9.17, 15) is 81.5 Å². The van der Waals surface area contributed by atoms with Gasteiger partial charge >= 0.3 is 23.9 Å². The van der Waals surface area contributed by atoms with Crippen LogP contribution in [-0.2, 0) is 101 Å². The molecule has 4 aliphatic heterocycles. The minimum Gasteiger partial charge on any atom is -0.355 e. The zero-order valence-electron chi connectivity index (χ0n) is 40.1. The van der Waals surface area contributed by atoms with Gasteiger partial charge < -0.3 is 44.7 Å². The van der Waals surface area contributed by atoms with E-state index in [2.05, 4.69) is 26.6 Å². The lowest BCUT2D eigenvalue weighted by atomic mass is 10.1. The Hall–Kier alpha value is -7.73. The molecule has 1 unspecified atom stereocenters. The molecule has 1 atom stereocenters. The van der Waals surface area contributed by atoms with Crippen molar-refractivity contribution in [2.24, 2.45) is 5.92 Å². The van der Waals surface area contributed by atoms with Gasteiger partial charge in [0.15, 0.2) is 0 Å². The molecule has 4 aliphatic rings. The first-order valence-electron chi connectivity index (χ1n) is 23.3. The van der Waals surface area contributed by atoms with Crippen molar-refractivity contribution in [1.29, 1.82) is 0 Å². The van der Waals surface area contributed by atoms with Crippen molar-refractivity contribution in [2.45, 2.75) is 103 Å². The Bertz CT molecular complexity index is 1990. The Labute approximate surface area is 428 Å². The molecule has 0 bridgehead atoms. The van der Waals surface area contributed by atoms with Crippen molar-refractivity contribution in [3.8, 4) is 0 Å². The van der Waals surface area contributed by atoms with Crippen LogP contribution in [0.1, 0.15) is 103 Å². The smallest absolute Gasteiger partial charge is 0.334 e. The zero-order chi connectivity index (χ0) is 54.6. The normalized spacial score (nSPS) is 15.9. The van der Waals surface area contributed by atoms with Crippen molar-refractivity contribution in [3.05, 3.63) is 0 Å². The van der Waals surface area contributed by atoms with Gasteiger partial charge in [0.1, 0.15) is 0 Å². The van der Waals surface area contributed by atoms with E-state index in [1.807, 2.05) is 0 Å².